The summed E-state index contributed by atoms with van der Waals surface area (Å²) in [7, 11) is 0. The predicted molar refractivity (Wildman–Crippen MR) is 90.6 cm³/mol. The summed E-state index contributed by atoms with van der Waals surface area (Å²) in [6.07, 6.45) is 14.4. The molecule has 0 radical (unpaired) electrons. The maximum atomic E-state index is 3.82. The average molecular weight is 293 g/mol. The molecule has 2 saturated carbocycles. The van der Waals surface area contributed by atoms with Crippen molar-refractivity contribution in [2.75, 3.05) is 19.6 Å². The molecule has 0 aromatic carbocycles. The highest BCUT2D eigenvalue weighted by atomic mass is 15.2. The third kappa shape index (κ3) is 4.22. The van der Waals surface area contributed by atoms with Crippen LogP contribution in [-0.2, 0) is 0 Å². The lowest BCUT2D eigenvalue weighted by atomic mass is 9.76. The second kappa shape index (κ2) is 7.00. The van der Waals surface area contributed by atoms with Gasteiger partial charge in [-0.3, -0.25) is 4.90 Å². The first-order chi connectivity index (χ1) is 10.2. The van der Waals surface area contributed by atoms with E-state index in [-0.39, 0.29) is 0 Å². The van der Waals surface area contributed by atoms with Crippen LogP contribution in [0.25, 0.3) is 0 Å². The second-order valence-corrected chi connectivity index (χ2v) is 8.44. The topological polar surface area (TPSA) is 15.3 Å². The SMILES string of the molecule is CCCC(C)(CNC1CC1)CN1CCC[C@H]2CCCC[C@H]21. The Bertz CT molecular complexity index is 324. The Morgan fingerprint density at radius 1 is 1.05 bits per heavy atom. The first-order valence-corrected chi connectivity index (χ1v) is 9.68. The molecule has 1 saturated heterocycles. The lowest BCUT2D eigenvalue weighted by molar-refractivity contribution is 0.0250. The van der Waals surface area contributed by atoms with Crippen LogP contribution in [0, 0.1) is 11.3 Å². The zero-order valence-corrected chi connectivity index (χ0v) is 14.4. The van der Waals surface area contributed by atoms with Crippen molar-refractivity contribution in [3.8, 4) is 0 Å². The molecular weight excluding hydrogens is 256 g/mol. The maximum Gasteiger partial charge on any atom is 0.0124 e. The van der Waals surface area contributed by atoms with Crippen LogP contribution in [0.3, 0.4) is 0 Å². The van der Waals surface area contributed by atoms with Crippen LogP contribution in [0.1, 0.15) is 78.1 Å². The molecule has 3 aliphatic rings. The molecule has 21 heavy (non-hydrogen) atoms. The predicted octanol–water partition coefficient (Wildman–Crippen LogP) is 4.20. The minimum atomic E-state index is 0.483. The quantitative estimate of drug-likeness (QED) is 0.756. The molecule has 2 aliphatic carbocycles. The molecule has 0 aromatic rings. The molecule has 0 bridgehead atoms. The molecule has 0 aromatic heterocycles. The summed E-state index contributed by atoms with van der Waals surface area (Å²) in [6.45, 7) is 8.83. The smallest absolute Gasteiger partial charge is 0.0124 e. The molecular formula is C19H36N2. The van der Waals surface area contributed by atoms with Crippen LogP contribution in [0.15, 0.2) is 0 Å². The Morgan fingerprint density at radius 2 is 1.81 bits per heavy atom. The molecule has 3 atom stereocenters. The molecule has 2 nitrogen and oxygen atoms in total. The fourth-order valence-corrected chi connectivity index (χ4v) is 4.92. The molecule has 0 spiro atoms. The summed E-state index contributed by atoms with van der Waals surface area (Å²) in [5.41, 5.74) is 0.483. The van der Waals surface area contributed by atoms with E-state index in [0.717, 1.165) is 18.0 Å². The minimum Gasteiger partial charge on any atom is -0.313 e. The van der Waals surface area contributed by atoms with Gasteiger partial charge >= 0.3 is 0 Å². The van der Waals surface area contributed by atoms with E-state index in [1.165, 1.54) is 83.8 Å². The van der Waals surface area contributed by atoms with Crippen molar-refractivity contribution < 1.29 is 0 Å². The number of hydrogen-bond acceptors (Lipinski definition) is 2. The van der Waals surface area contributed by atoms with Gasteiger partial charge in [0, 0.05) is 25.2 Å². The third-order valence-corrected chi connectivity index (χ3v) is 6.19. The van der Waals surface area contributed by atoms with Gasteiger partial charge in [0.15, 0.2) is 0 Å². The van der Waals surface area contributed by atoms with Crippen LogP contribution < -0.4 is 5.32 Å². The Hall–Kier alpha value is -0.0800. The fourth-order valence-electron chi connectivity index (χ4n) is 4.92. The molecule has 1 aliphatic heterocycles. The van der Waals surface area contributed by atoms with E-state index in [4.69, 9.17) is 0 Å². The lowest BCUT2D eigenvalue weighted by Crippen LogP contribution is -2.52. The maximum absolute atomic E-state index is 3.82. The van der Waals surface area contributed by atoms with E-state index < -0.39 is 0 Å². The molecule has 1 unspecified atom stereocenters. The number of hydrogen-bond donors (Lipinski definition) is 1. The summed E-state index contributed by atoms with van der Waals surface area (Å²) in [5.74, 6) is 1.02. The average Bonchev–Trinajstić information content (AvgIpc) is 3.30. The van der Waals surface area contributed by atoms with Crippen LogP contribution in [0.4, 0.5) is 0 Å². The van der Waals surface area contributed by atoms with Gasteiger partial charge in [-0.2, -0.15) is 0 Å². The molecule has 1 N–H and O–H groups in total. The summed E-state index contributed by atoms with van der Waals surface area (Å²) in [5, 5.41) is 3.82. The highest BCUT2D eigenvalue weighted by molar-refractivity contribution is 4.92. The van der Waals surface area contributed by atoms with Crippen molar-refractivity contribution in [3.05, 3.63) is 0 Å². The van der Waals surface area contributed by atoms with E-state index in [9.17, 15) is 0 Å². The van der Waals surface area contributed by atoms with Gasteiger partial charge < -0.3 is 5.32 Å². The molecule has 2 heteroatoms. The molecule has 3 fully saturated rings. The van der Waals surface area contributed by atoms with E-state index >= 15 is 0 Å². The first kappa shape index (κ1) is 15.8. The Kier molecular flexibility index (Phi) is 5.27. The molecule has 0 amide bonds. The molecule has 1 heterocycles. The van der Waals surface area contributed by atoms with Gasteiger partial charge in [-0.1, -0.05) is 33.1 Å². The number of nitrogens with one attached hydrogen (secondary N) is 1. The van der Waals surface area contributed by atoms with Gasteiger partial charge in [-0.05, 0) is 62.8 Å². The standard InChI is InChI=1S/C19H36N2/c1-3-12-19(2,14-20-17-10-11-17)15-21-13-6-8-16-7-4-5-9-18(16)21/h16-18,20H,3-15H2,1-2H3/t16-,18-,19?/m1/s1. The van der Waals surface area contributed by atoms with Crippen molar-refractivity contribution >= 4 is 0 Å². The largest absolute Gasteiger partial charge is 0.313 e. The van der Waals surface area contributed by atoms with Gasteiger partial charge in [0.2, 0.25) is 0 Å². The van der Waals surface area contributed by atoms with Crippen LogP contribution in [0.2, 0.25) is 0 Å². The monoisotopic (exact) mass is 292 g/mol. The highest BCUT2D eigenvalue weighted by Gasteiger charge is 2.37. The second-order valence-electron chi connectivity index (χ2n) is 8.44. The minimum absolute atomic E-state index is 0.483. The van der Waals surface area contributed by atoms with E-state index in [1.807, 2.05) is 0 Å². The van der Waals surface area contributed by atoms with Gasteiger partial charge in [0.05, 0.1) is 0 Å². The Labute approximate surface area is 132 Å². The van der Waals surface area contributed by atoms with Gasteiger partial charge in [0.1, 0.15) is 0 Å². The van der Waals surface area contributed by atoms with Crippen molar-refractivity contribution in [2.45, 2.75) is 90.1 Å². The Morgan fingerprint density at radius 3 is 2.57 bits per heavy atom. The lowest BCUT2D eigenvalue weighted by Gasteiger charge is -2.47. The Balaban J connectivity index is 1.59. The normalized spacial score (nSPS) is 33.4. The highest BCUT2D eigenvalue weighted by Crippen LogP contribution is 2.37. The number of fused-ring (bicyclic) bond motifs is 1. The van der Waals surface area contributed by atoms with Crippen molar-refractivity contribution in [1.82, 2.24) is 10.2 Å². The van der Waals surface area contributed by atoms with Gasteiger partial charge in [-0.15, -0.1) is 0 Å². The van der Waals surface area contributed by atoms with Crippen LogP contribution >= 0.6 is 0 Å². The number of piperidine rings is 1. The molecule has 3 rings (SSSR count). The number of rotatable bonds is 7. The van der Waals surface area contributed by atoms with Crippen LogP contribution in [0.5, 0.6) is 0 Å². The van der Waals surface area contributed by atoms with E-state index in [1.54, 1.807) is 0 Å². The first-order valence-electron chi connectivity index (χ1n) is 9.68. The summed E-state index contributed by atoms with van der Waals surface area (Å²) < 4.78 is 0. The van der Waals surface area contributed by atoms with E-state index in [2.05, 4.69) is 24.1 Å². The van der Waals surface area contributed by atoms with Crippen molar-refractivity contribution in [1.29, 1.82) is 0 Å². The number of nitrogens with zero attached hydrogens (tertiary/aromatic N) is 1. The summed E-state index contributed by atoms with van der Waals surface area (Å²) in [6, 6.07) is 1.77. The number of likely N-dealkylation sites (tertiary alicyclic amines) is 1. The third-order valence-electron chi connectivity index (χ3n) is 6.19. The zero-order chi connectivity index (χ0) is 14.7. The zero-order valence-electron chi connectivity index (χ0n) is 14.4. The van der Waals surface area contributed by atoms with Crippen molar-refractivity contribution in [2.24, 2.45) is 11.3 Å². The summed E-state index contributed by atoms with van der Waals surface area (Å²) in [4.78, 5) is 2.90. The van der Waals surface area contributed by atoms with Crippen molar-refractivity contribution in [3.63, 3.8) is 0 Å². The summed E-state index contributed by atoms with van der Waals surface area (Å²) >= 11 is 0. The van der Waals surface area contributed by atoms with E-state index in [0.29, 0.717) is 5.41 Å². The van der Waals surface area contributed by atoms with Gasteiger partial charge in [0.25, 0.3) is 0 Å². The molecule has 122 valence electrons. The van der Waals surface area contributed by atoms with Gasteiger partial charge in [-0.25, -0.2) is 0 Å². The van der Waals surface area contributed by atoms with Crippen LogP contribution in [-0.4, -0.2) is 36.6 Å². The fraction of sp³-hybridized carbons (Fsp3) is 1.00.